The zero-order chi connectivity index (χ0) is 18.2. The molecule has 10 heteroatoms. The van der Waals surface area contributed by atoms with E-state index < -0.39 is 7.14 Å². The fourth-order valence-corrected chi connectivity index (χ4v) is 4.81. The van der Waals surface area contributed by atoms with Crippen molar-refractivity contribution in [1.29, 1.82) is 0 Å². The Balaban J connectivity index is 2.12. The summed E-state index contributed by atoms with van der Waals surface area (Å²) >= 11 is 9.27. The van der Waals surface area contributed by atoms with Gasteiger partial charge in [-0.25, -0.2) is 19.9 Å². The number of imidazole rings is 1. The third kappa shape index (κ3) is 3.71. The van der Waals surface area contributed by atoms with Crippen LogP contribution in [0.2, 0.25) is 5.15 Å². The summed E-state index contributed by atoms with van der Waals surface area (Å²) in [6.45, 7) is 4.14. The van der Waals surface area contributed by atoms with E-state index in [2.05, 4.69) is 35.9 Å². The highest BCUT2D eigenvalue weighted by atomic mass is 79.9. The summed E-state index contributed by atoms with van der Waals surface area (Å²) in [6, 6.07) is 3.60. The number of hydrogen-bond donors (Lipinski definition) is 1. The SMILES string of the molecule is CCC[P@](C)(=O)c1nc(N)c2nc(Br)n(Cc3ccc(Cl)nc3)c2n1. The summed E-state index contributed by atoms with van der Waals surface area (Å²) in [5.41, 5.74) is 8.29. The van der Waals surface area contributed by atoms with E-state index >= 15 is 0 Å². The van der Waals surface area contributed by atoms with Crippen LogP contribution in [0.4, 0.5) is 5.82 Å². The van der Waals surface area contributed by atoms with Crippen LogP contribution in [0, 0.1) is 0 Å². The lowest BCUT2D eigenvalue weighted by Crippen LogP contribution is -2.19. The molecule has 7 nitrogen and oxygen atoms in total. The van der Waals surface area contributed by atoms with Crippen LogP contribution in [0.1, 0.15) is 18.9 Å². The van der Waals surface area contributed by atoms with E-state index in [4.69, 9.17) is 17.3 Å². The average molecular weight is 444 g/mol. The highest BCUT2D eigenvalue weighted by molar-refractivity contribution is 9.10. The van der Waals surface area contributed by atoms with E-state index in [0.717, 1.165) is 12.0 Å². The van der Waals surface area contributed by atoms with E-state index in [1.165, 1.54) is 0 Å². The van der Waals surface area contributed by atoms with Gasteiger partial charge in [-0.1, -0.05) is 24.6 Å². The van der Waals surface area contributed by atoms with Gasteiger partial charge in [0.05, 0.1) is 6.54 Å². The Morgan fingerprint density at radius 3 is 2.72 bits per heavy atom. The summed E-state index contributed by atoms with van der Waals surface area (Å²) in [5.74, 6) is 0.229. The molecule has 0 saturated carbocycles. The fraction of sp³-hybridized carbons (Fsp3) is 0.333. The Kier molecular flexibility index (Phi) is 5.14. The molecular weight excluding hydrogens is 427 g/mol. The highest BCUT2D eigenvalue weighted by Crippen LogP contribution is 2.39. The number of halogens is 2. The van der Waals surface area contributed by atoms with Crippen LogP contribution >= 0.6 is 34.7 Å². The normalized spacial score (nSPS) is 13.9. The minimum atomic E-state index is -2.66. The molecule has 1 atom stereocenters. The zero-order valence-electron chi connectivity index (χ0n) is 13.8. The van der Waals surface area contributed by atoms with Crippen LogP contribution in [0.25, 0.3) is 11.2 Å². The lowest BCUT2D eigenvalue weighted by atomic mass is 10.3. The molecule has 0 unspecified atom stereocenters. The van der Waals surface area contributed by atoms with Crippen molar-refractivity contribution in [3.8, 4) is 0 Å². The maximum absolute atomic E-state index is 12.9. The molecular formula is C15H17BrClN6OP. The summed E-state index contributed by atoms with van der Waals surface area (Å²) in [6.07, 6.45) is 3.01. The van der Waals surface area contributed by atoms with Crippen molar-refractivity contribution < 1.29 is 4.57 Å². The number of pyridine rings is 1. The number of hydrogen-bond acceptors (Lipinski definition) is 6. The molecule has 0 aliphatic rings. The van der Waals surface area contributed by atoms with Gasteiger partial charge < -0.3 is 10.3 Å². The molecule has 0 saturated heterocycles. The first-order valence-electron chi connectivity index (χ1n) is 7.68. The smallest absolute Gasteiger partial charge is 0.192 e. The van der Waals surface area contributed by atoms with E-state index in [-0.39, 0.29) is 5.82 Å². The van der Waals surface area contributed by atoms with E-state index in [1.54, 1.807) is 18.9 Å². The van der Waals surface area contributed by atoms with Crippen LogP contribution in [0.5, 0.6) is 0 Å². The fourth-order valence-electron chi connectivity index (χ4n) is 2.54. The highest BCUT2D eigenvalue weighted by Gasteiger charge is 2.24. The van der Waals surface area contributed by atoms with Crippen molar-refractivity contribution in [1.82, 2.24) is 24.5 Å². The summed E-state index contributed by atoms with van der Waals surface area (Å²) < 4.78 is 15.3. The third-order valence-electron chi connectivity index (χ3n) is 3.77. The topological polar surface area (TPSA) is 99.6 Å². The molecule has 0 amide bonds. The Hall–Kier alpha value is -1.50. The molecule has 3 heterocycles. The van der Waals surface area contributed by atoms with E-state index in [9.17, 15) is 4.57 Å². The minimum Gasteiger partial charge on any atom is -0.382 e. The van der Waals surface area contributed by atoms with Crippen LogP contribution in [-0.4, -0.2) is 37.3 Å². The first-order valence-corrected chi connectivity index (χ1v) is 11.2. The van der Waals surface area contributed by atoms with Crippen molar-refractivity contribution in [3.63, 3.8) is 0 Å². The van der Waals surface area contributed by atoms with Crippen LogP contribution in [-0.2, 0) is 11.1 Å². The van der Waals surface area contributed by atoms with Crippen molar-refractivity contribution >= 4 is 57.2 Å². The second-order valence-electron chi connectivity index (χ2n) is 5.86. The quantitative estimate of drug-likeness (QED) is 0.369. The maximum atomic E-state index is 12.9. The number of anilines is 1. The summed E-state index contributed by atoms with van der Waals surface area (Å²) in [4.78, 5) is 17.2. The van der Waals surface area contributed by atoms with Crippen LogP contribution in [0.15, 0.2) is 23.1 Å². The Bertz CT molecular complexity index is 974. The molecule has 0 aliphatic carbocycles. The van der Waals surface area contributed by atoms with Gasteiger partial charge >= 0.3 is 0 Å². The number of fused-ring (bicyclic) bond motifs is 1. The molecule has 25 heavy (non-hydrogen) atoms. The molecule has 3 rings (SSSR count). The van der Waals surface area contributed by atoms with Gasteiger partial charge in [-0.3, -0.25) is 4.57 Å². The average Bonchev–Trinajstić information content (AvgIpc) is 2.86. The lowest BCUT2D eigenvalue weighted by Gasteiger charge is -2.12. The molecule has 0 fully saturated rings. The van der Waals surface area contributed by atoms with Gasteiger partial charge in [-0.15, -0.1) is 0 Å². The largest absolute Gasteiger partial charge is 0.382 e. The van der Waals surface area contributed by atoms with Crippen molar-refractivity contribution in [2.45, 2.75) is 19.9 Å². The number of nitrogens with zero attached hydrogens (tertiary/aromatic N) is 5. The maximum Gasteiger partial charge on any atom is 0.192 e. The second kappa shape index (κ2) is 7.02. The summed E-state index contributed by atoms with van der Waals surface area (Å²) in [7, 11) is -2.66. The number of nitrogens with two attached hydrogens (primary N) is 1. The van der Waals surface area contributed by atoms with Gasteiger partial charge in [0.1, 0.15) is 12.3 Å². The molecule has 0 bridgehead atoms. The number of rotatable bonds is 5. The molecule has 0 radical (unpaired) electrons. The Morgan fingerprint density at radius 1 is 1.32 bits per heavy atom. The predicted octanol–water partition coefficient (Wildman–Crippen LogP) is 3.30. The Labute approximate surface area is 158 Å². The molecule has 0 spiro atoms. The summed E-state index contributed by atoms with van der Waals surface area (Å²) in [5, 5.41) is 0.429. The molecule has 0 aromatic carbocycles. The molecule has 3 aromatic heterocycles. The number of nitrogen functional groups attached to an aromatic ring is 1. The molecule has 0 aliphatic heterocycles. The first kappa shape index (κ1) is 18.3. The predicted molar refractivity (Wildman–Crippen MR) is 104 cm³/mol. The lowest BCUT2D eigenvalue weighted by molar-refractivity contribution is 0.582. The monoisotopic (exact) mass is 442 g/mol. The van der Waals surface area contributed by atoms with E-state index in [1.807, 2.05) is 17.6 Å². The van der Waals surface area contributed by atoms with Crippen LogP contribution < -0.4 is 11.3 Å². The number of aromatic nitrogens is 5. The third-order valence-corrected chi connectivity index (χ3v) is 6.94. The van der Waals surface area contributed by atoms with E-state index in [0.29, 0.717) is 39.3 Å². The standard InChI is InChI=1S/C15H17BrClN6OP/c1-3-6-25(2,24)15-21-12(18)11-13(22-15)23(14(16)20-11)8-9-4-5-10(17)19-7-9/h4-5,7H,3,6,8H2,1-2H3,(H2,18,21,22)/t25-/m0/s1. The molecule has 132 valence electrons. The van der Waals surface area contributed by atoms with Crippen molar-refractivity contribution in [2.24, 2.45) is 0 Å². The van der Waals surface area contributed by atoms with Gasteiger partial charge in [0.25, 0.3) is 0 Å². The molecule has 3 aromatic rings. The first-order chi connectivity index (χ1) is 11.8. The van der Waals surface area contributed by atoms with Gasteiger partial charge in [0.15, 0.2) is 27.3 Å². The van der Waals surface area contributed by atoms with Gasteiger partial charge in [-0.2, -0.15) is 0 Å². The van der Waals surface area contributed by atoms with Crippen molar-refractivity contribution in [3.05, 3.63) is 33.8 Å². The van der Waals surface area contributed by atoms with Gasteiger partial charge in [0.2, 0.25) is 0 Å². The van der Waals surface area contributed by atoms with Crippen LogP contribution in [0.3, 0.4) is 0 Å². The molecule has 2 N–H and O–H groups in total. The van der Waals surface area contributed by atoms with Gasteiger partial charge in [0, 0.05) is 12.4 Å². The van der Waals surface area contributed by atoms with Crippen molar-refractivity contribution in [2.75, 3.05) is 18.6 Å². The minimum absolute atomic E-state index is 0.229. The Morgan fingerprint density at radius 2 is 2.08 bits per heavy atom. The second-order valence-corrected chi connectivity index (χ2v) is 10.0. The zero-order valence-corrected chi connectivity index (χ0v) is 17.0. The van der Waals surface area contributed by atoms with Gasteiger partial charge in [-0.05, 0) is 40.6 Å².